The van der Waals surface area contributed by atoms with Crippen LogP contribution >= 0.6 is 0 Å². The lowest BCUT2D eigenvalue weighted by Gasteiger charge is -2.29. The van der Waals surface area contributed by atoms with E-state index < -0.39 is 24.5 Å². The molecule has 0 bridgehead atoms. The summed E-state index contributed by atoms with van der Waals surface area (Å²) >= 11 is 0. The lowest BCUT2D eigenvalue weighted by molar-refractivity contribution is -0.123. The van der Waals surface area contributed by atoms with Crippen LogP contribution in [0, 0.1) is 5.92 Å². The van der Waals surface area contributed by atoms with Crippen LogP contribution in [0.5, 0.6) is 0 Å². The van der Waals surface area contributed by atoms with E-state index in [4.69, 9.17) is 9.84 Å². The lowest BCUT2D eigenvalue weighted by atomic mass is 9.86. The molecule has 1 fully saturated rings. The van der Waals surface area contributed by atoms with Crippen molar-refractivity contribution in [3.05, 3.63) is 35.4 Å². The molecule has 0 unspecified atom stereocenters. The average Bonchev–Trinajstić information content (AvgIpc) is 2.61. The van der Waals surface area contributed by atoms with Gasteiger partial charge >= 0.3 is 12.0 Å². The third-order valence-corrected chi connectivity index (χ3v) is 4.39. The first-order chi connectivity index (χ1) is 12.0. The number of nitrogens with one attached hydrogen (secondary N) is 2. The van der Waals surface area contributed by atoms with Crippen LogP contribution in [0.1, 0.15) is 48.5 Å². The summed E-state index contributed by atoms with van der Waals surface area (Å²) < 4.78 is 4.88. The molecule has 0 radical (unpaired) electrons. The van der Waals surface area contributed by atoms with Crippen LogP contribution in [-0.2, 0) is 16.1 Å². The van der Waals surface area contributed by atoms with Crippen LogP contribution in [0.4, 0.5) is 4.79 Å². The van der Waals surface area contributed by atoms with Crippen LogP contribution in [-0.4, -0.2) is 35.7 Å². The normalized spacial score (nSPS) is 19.8. The molecule has 7 heteroatoms. The highest BCUT2D eigenvalue weighted by Crippen LogP contribution is 2.23. The largest absolute Gasteiger partial charge is 0.452 e. The second-order valence-electron chi connectivity index (χ2n) is 6.32. The van der Waals surface area contributed by atoms with Gasteiger partial charge in [-0.2, -0.15) is 0 Å². The SMILES string of the molecule is C[C@H]1CCCC[C@H]1NC(=O)NC(=O)COC(=O)c1ccc(CO)cc1. The summed E-state index contributed by atoms with van der Waals surface area (Å²) in [5.41, 5.74) is 0.938. The highest BCUT2D eigenvalue weighted by atomic mass is 16.5. The summed E-state index contributed by atoms with van der Waals surface area (Å²) in [6.07, 6.45) is 4.19. The quantitative estimate of drug-likeness (QED) is 0.703. The number of aliphatic hydroxyl groups excluding tert-OH is 1. The van der Waals surface area contributed by atoms with Gasteiger partial charge in [-0.3, -0.25) is 10.1 Å². The number of carbonyl (C=O) groups is 3. The van der Waals surface area contributed by atoms with Crippen LogP contribution in [0.2, 0.25) is 0 Å². The van der Waals surface area contributed by atoms with E-state index in [1.165, 1.54) is 12.1 Å². The molecule has 7 nitrogen and oxygen atoms in total. The van der Waals surface area contributed by atoms with Gasteiger partial charge in [0.2, 0.25) is 0 Å². The summed E-state index contributed by atoms with van der Waals surface area (Å²) in [6, 6.07) is 5.69. The van der Waals surface area contributed by atoms with Gasteiger partial charge in [0.1, 0.15) is 0 Å². The number of urea groups is 1. The number of hydrogen-bond acceptors (Lipinski definition) is 5. The Kier molecular flexibility index (Phi) is 6.94. The van der Waals surface area contributed by atoms with Gasteiger partial charge in [0, 0.05) is 6.04 Å². The Bertz CT molecular complexity index is 614. The summed E-state index contributed by atoms with van der Waals surface area (Å²) in [5, 5.41) is 13.9. The monoisotopic (exact) mass is 348 g/mol. The molecule has 0 saturated heterocycles. The number of benzene rings is 1. The molecule has 1 aromatic carbocycles. The van der Waals surface area contributed by atoms with Crippen molar-refractivity contribution in [2.45, 2.75) is 45.3 Å². The molecule has 0 heterocycles. The van der Waals surface area contributed by atoms with Crippen molar-refractivity contribution >= 4 is 17.9 Å². The molecule has 1 aliphatic rings. The Hall–Kier alpha value is -2.41. The Morgan fingerprint density at radius 3 is 2.48 bits per heavy atom. The number of aliphatic hydroxyl groups is 1. The fourth-order valence-corrected chi connectivity index (χ4v) is 2.86. The van der Waals surface area contributed by atoms with Crippen LogP contribution in [0.15, 0.2) is 24.3 Å². The number of hydrogen-bond donors (Lipinski definition) is 3. The highest BCUT2D eigenvalue weighted by molar-refractivity contribution is 5.97. The zero-order chi connectivity index (χ0) is 18.2. The second kappa shape index (κ2) is 9.17. The van der Waals surface area contributed by atoms with Gasteiger partial charge in [-0.25, -0.2) is 9.59 Å². The van der Waals surface area contributed by atoms with Crippen molar-refractivity contribution in [3.8, 4) is 0 Å². The molecule has 3 N–H and O–H groups in total. The summed E-state index contributed by atoms with van der Waals surface area (Å²) in [7, 11) is 0. The second-order valence-corrected chi connectivity index (χ2v) is 6.32. The molecule has 2 atom stereocenters. The molecule has 0 aliphatic heterocycles. The van der Waals surface area contributed by atoms with E-state index in [-0.39, 0.29) is 18.2 Å². The van der Waals surface area contributed by atoms with Crippen molar-refractivity contribution in [2.75, 3.05) is 6.61 Å². The minimum Gasteiger partial charge on any atom is -0.452 e. The maximum Gasteiger partial charge on any atom is 0.338 e. The van der Waals surface area contributed by atoms with Gasteiger partial charge in [0.25, 0.3) is 5.91 Å². The first-order valence-electron chi connectivity index (χ1n) is 8.47. The van der Waals surface area contributed by atoms with E-state index in [9.17, 15) is 14.4 Å². The smallest absolute Gasteiger partial charge is 0.338 e. The topological polar surface area (TPSA) is 105 Å². The number of amides is 3. The van der Waals surface area contributed by atoms with Crippen LogP contribution in [0.25, 0.3) is 0 Å². The third kappa shape index (κ3) is 5.86. The lowest BCUT2D eigenvalue weighted by Crippen LogP contribution is -2.48. The first kappa shape index (κ1) is 18.9. The van der Waals surface area contributed by atoms with E-state index in [2.05, 4.69) is 17.6 Å². The van der Waals surface area contributed by atoms with E-state index in [0.717, 1.165) is 25.7 Å². The molecule has 25 heavy (non-hydrogen) atoms. The van der Waals surface area contributed by atoms with Crippen LogP contribution in [0.3, 0.4) is 0 Å². The summed E-state index contributed by atoms with van der Waals surface area (Å²) in [6.45, 7) is 1.43. The van der Waals surface area contributed by atoms with E-state index >= 15 is 0 Å². The van der Waals surface area contributed by atoms with Gasteiger partial charge in [-0.1, -0.05) is 31.9 Å². The Morgan fingerprint density at radius 1 is 1.16 bits per heavy atom. The van der Waals surface area contributed by atoms with E-state index in [1.807, 2.05) is 0 Å². The van der Waals surface area contributed by atoms with Crippen molar-refractivity contribution in [3.63, 3.8) is 0 Å². The molecular weight excluding hydrogens is 324 g/mol. The maximum absolute atomic E-state index is 11.8. The van der Waals surface area contributed by atoms with E-state index in [1.54, 1.807) is 12.1 Å². The minimum atomic E-state index is -0.679. The standard InChI is InChI=1S/C18H24N2O5/c1-12-4-2-3-5-15(12)19-18(24)20-16(22)11-25-17(23)14-8-6-13(10-21)7-9-14/h6-9,12,15,21H,2-5,10-11H2,1H3,(H2,19,20,22,24)/t12-,15+/m0/s1. The molecule has 136 valence electrons. The van der Waals surface area contributed by atoms with Gasteiger partial charge in [0.15, 0.2) is 6.61 Å². The molecule has 1 aliphatic carbocycles. The van der Waals surface area contributed by atoms with Gasteiger partial charge in [0.05, 0.1) is 12.2 Å². The Morgan fingerprint density at radius 2 is 1.84 bits per heavy atom. The van der Waals surface area contributed by atoms with Crippen molar-refractivity contribution in [1.82, 2.24) is 10.6 Å². The van der Waals surface area contributed by atoms with Gasteiger partial charge in [-0.05, 0) is 36.5 Å². The fraction of sp³-hybridized carbons (Fsp3) is 0.500. The highest BCUT2D eigenvalue weighted by Gasteiger charge is 2.23. The van der Waals surface area contributed by atoms with Gasteiger partial charge < -0.3 is 15.2 Å². The average molecular weight is 348 g/mol. The summed E-state index contributed by atoms with van der Waals surface area (Å²) in [5.74, 6) is -0.962. The number of esters is 1. The molecule has 3 amide bonds. The zero-order valence-corrected chi connectivity index (χ0v) is 14.3. The molecular formula is C18H24N2O5. The van der Waals surface area contributed by atoms with Crippen molar-refractivity contribution in [1.29, 1.82) is 0 Å². The van der Waals surface area contributed by atoms with Crippen molar-refractivity contribution < 1.29 is 24.2 Å². The number of ether oxygens (including phenoxy) is 1. The molecule has 1 saturated carbocycles. The molecule has 1 aromatic rings. The number of rotatable bonds is 5. The zero-order valence-electron chi connectivity index (χ0n) is 14.3. The molecule has 0 aromatic heterocycles. The van der Waals surface area contributed by atoms with Crippen molar-refractivity contribution in [2.24, 2.45) is 5.92 Å². The van der Waals surface area contributed by atoms with Crippen LogP contribution < -0.4 is 10.6 Å². The Balaban J connectivity index is 1.73. The Labute approximate surface area is 146 Å². The first-order valence-corrected chi connectivity index (χ1v) is 8.47. The van der Waals surface area contributed by atoms with E-state index in [0.29, 0.717) is 11.5 Å². The predicted molar refractivity (Wildman–Crippen MR) is 90.7 cm³/mol. The number of carbonyl (C=O) groups excluding carboxylic acids is 3. The third-order valence-electron chi connectivity index (χ3n) is 4.39. The molecule has 2 rings (SSSR count). The van der Waals surface area contributed by atoms with Gasteiger partial charge in [-0.15, -0.1) is 0 Å². The maximum atomic E-state index is 11.8. The predicted octanol–water partition coefficient (Wildman–Crippen LogP) is 1.74. The summed E-state index contributed by atoms with van der Waals surface area (Å²) in [4.78, 5) is 35.4. The molecule has 0 spiro atoms. The fourth-order valence-electron chi connectivity index (χ4n) is 2.86. The minimum absolute atomic E-state index is 0.0640. The number of imide groups is 1.